The average molecular weight is 888 g/mol. The van der Waals surface area contributed by atoms with Gasteiger partial charge < -0.3 is 30.1 Å². The van der Waals surface area contributed by atoms with Gasteiger partial charge in [-0.2, -0.15) is 13.1 Å². The van der Waals surface area contributed by atoms with Crippen LogP contribution in [-0.2, 0) is 30.9 Å². The first-order valence-corrected chi connectivity index (χ1v) is 22.1. The molecule has 3 N–H and O–H groups in total. The van der Waals surface area contributed by atoms with Crippen LogP contribution in [0.1, 0.15) is 78.4 Å². The second-order valence-electron chi connectivity index (χ2n) is 17.3. The molecule has 0 atom stereocenters. The van der Waals surface area contributed by atoms with E-state index < -0.39 is 56.0 Å². The zero-order valence-electron chi connectivity index (χ0n) is 36.4. The summed E-state index contributed by atoms with van der Waals surface area (Å²) in [4.78, 5) is 35.1. The summed E-state index contributed by atoms with van der Waals surface area (Å²) in [5.74, 6) is -9.64. The first-order valence-electron chi connectivity index (χ1n) is 20.7. The molecule has 12 nitrogen and oxygen atoms in total. The van der Waals surface area contributed by atoms with E-state index in [-0.39, 0.29) is 61.3 Å². The number of benzene rings is 3. The number of hydrogen-bond acceptors (Lipinski definition) is 10. The number of amidine groups is 1. The lowest BCUT2D eigenvalue weighted by molar-refractivity contribution is -0.152. The Morgan fingerprint density at radius 2 is 1.60 bits per heavy atom. The predicted molar refractivity (Wildman–Crippen MR) is 229 cm³/mol. The van der Waals surface area contributed by atoms with E-state index in [2.05, 4.69) is 4.99 Å². The molecule has 2 aliphatic rings. The van der Waals surface area contributed by atoms with Crippen molar-refractivity contribution in [3.05, 3.63) is 82.4 Å². The monoisotopic (exact) mass is 887 g/mol. The fourth-order valence-electron chi connectivity index (χ4n) is 7.07. The molecule has 3 aromatic rings. The molecule has 1 fully saturated rings. The number of nitrogens with zero attached hydrogens (tertiary/aromatic N) is 4. The standard InChI is InChI=1S/C45H57F4N5O7S/c1-8-15-53(16-9-2)42(56)32-18-30-11-10-29(19-37(30)51-38(50)20-32)34-21-33(62(58,59)54-23-28(24-54)26-55)13-12-31(34)25-52(7)17-14-45(5,6)60-27-44(3,4)43(57)61-41-39(48)35(46)22-36(47)40(41)49/h10-13,18-19,21-22,28,55H,8-9,14-17,20,23-27H2,1-7H3,(H2,50,51). The molecule has 3 aromatic carbocycles. The quantitative estimate of drug-likeness (QED) is 0.0551. The van der Waals surface area contributed by atoms with Gasteiger partial charge in [0.05, 0.1) is 28.2 Å². The predicted octanol–water partition coefficient (Wildman–Crippen LogP) is 7.20. The van der Waals surface area contributed by atoms with Gasteiger partial charge in [0.15, 0.2) is 11.6 Å². The molecule has 1 amide bonds. The molecule has 0 aliphatic carbocycles. The van der Waals surface area contributed by atoms with Crippen LogP contribution in [0.3, 0.4) is 0 Å². The van der Waals surface area contributed by atoms with Crippen LogP contribution in [0.5, 0.6) is 5.75 Å². The highest BCUT2D eigenvalue weighted by molar-refractivity contribution is 7.89. The van der Waals surface area contributed by atoms with Crippen LogP contribution < -0.4 is 10.5 Å². The number of fused-ring (bicyclic) bond motifs is 1. The Hall–Kier alpha value is -4.68. The van der Waals surface area contributed by atoms with Crippen molar-refractivity contribution in [2.24, 2.45) is 22.1 Å². The normalized spacial score (nSPS) is 15.1. The fourth-order valence-corrected chi connectivity index (χ4v) is 8.69. The number of carbonyl (C=O) groups is 2. The van der Waals surface area contributed by atoms with Crippen molar-refractivity contribution in [3.8, 4) is 16.9 Å². The zero-order chi connectivity index (χ0) is 45.7. The van der Waals surface area contributed by atoms with E-state index in [4.69, 9.17) is 15.2 Å². The van der Waals surface area contributed by atoms with E-state index in [9.17, 15) is 40.7 Å². The largest absolute Gasteiger partial charge is 0.420 e. The van der Waals surface area contributed by atoms with E-state index >= 15 is 0 Å². The van der Waals surface area contributed by atoms with Crippen molar-refractivity contribution in [2.45, 2.75) is 84.3 Å². The molecule has 338 valence electrons. The maximum Gasteiger partial charge on any atom is 0.319 e. The van der Waals surface area contributed by atoms with Gasteiger partial charge in [0.1, 0.15) is 5.84 Å². The number of esters is 1. The van der Waals surface area contributed by atoms with E-state index in [0.717, 1.165) is 18.4 Å². The molecule has 0 spiro atoms. The number of halogens is 4. The number of amides is 1. The molecule has 0 bridgehead atoms. The van der Waals surface area contributed by atoms with Gasteiger partial charge in [-0.15, -0.1) is 0 Å². The van der Waals surface area contributed by atoms with Crippen molar-refractivity contribution in [1.29, 1.82) is 0 Å². The van der Waals surface area contributed by atoms with Crippen molar-refractivity contribution >= 4 is 39.5 Å². The Morgan fingerprint density at radius 1 is 0.952 bits per heavy atom. The van der Waals surface area contributed by atoms with Gasteiger partial charge in [-0.3, -0.25) is 9.59 Å². The third-order valence-electron chi connectivity index (χ3n) is 10.9. The summed E-state index contributed by atoms with van der Waals surface area (Å²) >= 11 is 0. The highest BCUT2D eigenvalue weighted by Crippen LogP contribution is 2.37. The molecular formula is C45H57F4N5O7S. The van der Waals surface area contributed by atoms with Gasteiger partial charge in [-0.05, 0) is 95.0 Å². The summed E-state index contributed by atoms with van der Waals surface area (Å²) < 4.78 is 95.6. The Labute approximate surface area is 361 Å². The van der Waals surface area contributed by atoms with Crippen LogP contribution in [-0.4, -0.2) is 104 Å². The molecule has 0 aromatic heterocycles. The zero-order valence-corrected chi connectivity index (χ0v) is 37.2. The first-order chi connectivity index (χ1) is 29.1. The summed E-state index contributed by atoms with van der Waals surface area (Å²) in [6, 6.07) is 10.5. The lowest BCUT2D eigenvalue weighted by Gasteiger charge is -2.37. The van der Waals surface area contributed by atoms with Gasteiger partial charge in [0.2, 0.25) is 33.3 Å². The minimum absolute atomic E-state index is 0.0210. The van der Waals surface area contributed by atoms with Crippen LogP contribution in [0.15, 0.2) is 57.9 Å². The third kappa shape index (κ3) is 11.3. The summed E-state index contributed by atoms with van der Waals surface area (Å²) in [5.41, 5.74) is 7.95. The Kier molecular flexibility index (Phi) is 15.4. The SMILES string of the molecule is CCCN(CCC)C(=O)C1=Cc2ccc(-c3cc(S(=O)(=O)N4CC(CO)C4)ccc3CN(C)CCC(C)(C)OCC(C)(C)C(=O)Oc3c(F)c(F)cc(F)c3F)cc2N=C(N)C1. The fraction of sp³-hybridized carbons (Fsp3) is 0.489. The number of sulfonamides is 1. The molecule has 62 heavy (non-hydrogen) atoms. The number of rotatable bonds is 19. The van der Waals surface area contributed by atoms with E-state index in [0.29, 0.717) is 60.6 Å². The van der Waals surface area contributed by atoms with E-state index in [1.807, 2.05) is 55.0 Å². The summed E-state index contributed by atoms with van der Waals surface area (Å²) in [6.07, 6.45) is 4.06. The number of aliphatic imine (C=N–C) groups is 1. The summed E-state index contributed by atoms with van der Waals surface area (Å²) in [7, 11) is -2.00. The van der Waals surface area contributed by atoms with Gasteiger partial charge in [-0.1, -0.05) is 32.0 Å². The third-order valence-corrected chi connectivity index (χ3v) is 12.8. The Bertz CT molecular complexity index is 2300. The molecule has 0 saturated carbocycles. The number of nitrogens with two attached hydrogens (primary N) is 1. The molecular weight excluding hydrogens is 831 g/mol. The Balaban J connectivity index is 1.36. The van der Waals surface area contributed by atoms with Crippen molar-refractivity contribution < 1.29 is 50.1 Å². The second-order valence-corrected chi connectivity index (χ2v) is 19.2. The highest BCUT2D eigenvalue weighted by atomic mass is 32.2. The molecule has 5 rings (SSSR count). The van der Waals surface area contributed by atoms with Gasteiger partial charge in [0, 0.05) is 75.4 Å². The topological polar surface area (TPSA) is 155 Å². The molecule has 2 aliphatic heterocycles. The van der Waals surface area contributed by atoms with Gasteiger partial charge in [-0.25, -0.2) is 22.2 Å². The summed E-state index contributed by atoms with van der Waals surface area (Å²) in [5, 5.41) is 9.53. The Morgan fingerprint density at radius 3 is 2.21 bits per heavy atom. The number of aliphatic hydroxyl groups is 1. The second kappa shape index (κ2) is 19.8. The first kappa shape index (κ1) is 48.4. The van der Waals surface area contributed by atoms with Crippen molar-refractivity contribution in [1.82, 2.24) is 14.1 Å². The summed E-state index contributed by atoms with van der Waals surface area (Å²) in [6.45, 7) is 12.6. The molecule has 17 heteroatoms. The van der Waals surface area contributed by atoms with Crippen LogP contribution in [0.25, 0.3) is 17.2 Å². The number of aliphatic hydroxyl groups excluding tert-OH is 1. The van der Waals surface area contributed by atoms with Crippen molar-refractivity contribution in [2.75, 3.05) is 53.0 Å². The minimum atomic E-state index is -3.88. The maximum absolute atomic E-state index is 14.2. The van der Waals surface area contributed by atoms with Gasteiger partial charge >= 0.3 is 5.97 Å². The van der Waals surface area contributed by atoms with Gasteiger partial charge in [0.25, 0.3) is 0 Å². The highest BCUT2D eigenvalue weighted by Gasteiger charge is 2.38. The van der Waals surface area contributed by atoms with Crippen LogP contribution in [0.2, 0.25) is 0 Å². The van der Waals surface area contributed by atoms with Crippen LogP contribution >= 0.6 is 0 Å². The minimum Gasteiger partial charge on any atom is -0.420 e. The van der Waals surface area contributed by atoms with E-state index in [1.54, 1.807) is 32.0 Å². The molecule has 0 unspecified atom stereocenters. The molecule has 0 radical (unpaired) electrons. The maximum atomic E-state index is 14.2. The van der Waals surface area contributed by atoms with Crippen molar-refractivity contribution in [3.63, 3.8) is 0 Å². The number of carbonyl (C=O) groups excluding carboxylic acids is 2. The molecule has 2 heterocycles. The molecule has 1 saturated heterocycles. The average Bonchev–Trinajstić information content (AvgIpc) is 3.37. The lowest BCUT2D eigenvalue weighted by Crippen LogP contribution is -2.51. The van der Waals surface area contributed by atoms with Crippen LogP contribution in [0, 0.1) is 34.6 Å². The number of ether oxygens (including phenoxy) is 2. The number of hydrogen-bond donors (Lipinski definition) is 2. The smallest absolute Gasteiger partial charge is 0.319 e. The van der Waals surface area contributed by atoms with Crippen LogP contribution in [0.4, 0.5) is 23.2 Å². The van der Waals surface area contributed by atoms with E-state index in [1.165, 1.54) is 18.2 Å². The lowest BCUT2D eigenvalue weighted by atomic mass is 9.94.